The Morgan fingerprint density at radius 1 is 1.31 bits per heavy atom. The van der Waals surface area contributed by atoms with Gasteiger partial charge in [-0.3, -0.25) is 14.3 Å². The van der Waals surface area contributed by atoms with Crippen molar-refractivity contribution < 1.29 is 17.6 Å². The molecule has 0 spiro atoms. The summed E-state index contributed by atoms with van der Waals surface area (Å²) in [7, 11) is -2.27. The Labute approximate surface area is 167 Å². The number of piperidine rings is 1. The van der Waals surface area contributed by atoms with Crippen molar-refractivity contribution in [1.29, 1.82) is 0 Å². The highest BCUT2D eigenvalue weighted by Crippen LogP contribution is 2.26. The van der Waals surface area contributed by atoms with E-state index in [0.29, 0.717) is 30.6 Å². The Balaban J connectivity index is 1.55. The molecule has 0 aliphatic carbocycles. The number of carbonyl (C=O) groups excluding carboxylic acids is 1. The van der Waals surface area contributed by atoms with E-state index in [-0.39, 0.29) is 22.9 Å². The minimum atomic E-state index is -3.83. The van der Waals surface area contributed by atoms with Crippen molar-refractivity contribution in [3.05, 3.63) is 53.3 Å². The Morgan fingerprint density at radius 2 is 2.14 bits per heavy atom. The number of anilines is 1. The average molecular weight is 416 g/mol. The second-order valence-corrected chi connectivity index (χ2v) is 8.93. The molecule has 2 aromatic heterocycles. The summed E-state index contributed by atoms with van der Waals surface area (Å²) in [5.41, 5.74) is 1.30. The largest absolute Gasteiger partial charge is 0.419 e. The van der Waals surface area contributed by atoms with Gasteiger partial charge in [0.1, 0.15) is 0 Å². The third kappa shape index (κ3) is 3.68. The molecule has 0 bridgehead atoms. The number of carbonyl (C=O) groups is 1. The minimum Gasteiger partial charge on any atom is -0.408 e. The predicted octanol–water partition coefficient (Wildman–Crippen LogP) is 1.57. The molecular formula is C19H20N4O5S. The molecule has 1 atom stereocenters. The second-order valence-electron chi connectivity index (χ2n) is 6.99. The number of rotatable bonds is 4. The van der Waals surface area contributed by atoms with Crippen LogP contribution in [0, 0.1) is 5.92 Å². The molecule has 0 saturated carbocycles. The fraction of sp³-hybridized carbons (Fsp3) is 0.316. The molecular weight excluding hydrogens is 396 g/mol. The number of pyridine rings is 1. The van der Waals surface area contributed by atoms with Crippen LogP contribution >= 0.6 is 0 Å². The summed E-state index contributed by atoms with van der Waals surface area (Å²) < 4.78 is 33.9. The SMILES string of the molecule is Cn1c(=O)oc2cc(S(=O)(=O)N3CCCC(C(=O)Nc4cccnc4)C3)ccc21. The first kappa shape index (κ1) is 19.3. The van der Waals surface area contributed by atoms with Gasteiger partial charge in [0.2, 0.25) is 15.9 Å². The van der Waals surface area contributed by atoms with E-state index in [1.807, 2.05) is 0 Å². The van der Waals surface area contributed by atoms with Crippen LogP contribution in [0.5, 0.6) is 0 Å². The van der Waals surface area contributed by atoms with Crippen molar-refractivity contribution in [2.24, 2.45) is 13.0 Å². The fourth-order valence-corrected chi connectivity index (χ4v) is 5.02. The normalized spacial score (nSPS) is 18.0. The van der Waals surface area contributed by atoms with Crippen molar-refractivity contribution in [2.75, 3.05) is 18.4 Å². The number of nitrogens with zero attached hydrogens (tertiary/aromatic N) is 3. The van der Waals surface area contributed by atoms with Gasteiger partial charge in [-0.1, -0.05) is 0 Å². The number of aromatic nitrogens is 2. The third-order valence-electron chi connectivity index (χ3n) is 5.09. The Kier molecular flexibility index (Phi) is 4.97. The van der Waals surface area contributed by atoms with Gasteiger partial charge in [0.15, 0.2) is 5.58 Å². The summed E-state index contributed by atoms with van der Waals surface area (Å²) in [5, 5.41) is 2.78. The standard InChI is InChI=1S/C19H20N4O5S/c1-22-16-7-6-15(10-17(16)28-19(22)25)29(26,27)23-9-3-4-13(12-23)18(24)21-14-5-2-8-20-11-14/h2,5-8,10-11,13H,3-4,9,12H2,1H3,(H,21,24). The molecule has 1 N–H and O–H groups in total. The number of benzene rings is 1. The molecule has 1 unspecified atom stereocenters. The fourth-order valence-electron chi connectivity index (χ4n) is 3.48. The van der Waals surface area contributed by atoms with E-state index in [4.69, 9.17) is 4.42 Å². The maximum atomic E-state index is 13.1. The lowest BCUT2D eigenvalue weighted by atomic mass is 9.99. The van der Waals surface area contributed by atoms with E-state index in [9.17, 15) is 18.0 Å². The van der Waals surface area contributed by atoms with Gasteiger partial charge in [-0.2, -0.15) is 4.31 Å². The van der Waals surface area contributed by atoms with Gasteiger partial charge in [-0.25, -0.2) is 13.2 Å². The van der Waals surface area contributed by atoms with Crippen molar-refractivity contribution in [3.63, 3.8) is 0 Å². The molecule has 152 valence electrons. The maximum absolute atomic E-state index is 13.1. The van der Waals surface area contributed by atoms with Crippen molar-refractivity contribution in [3.8, 4) is 0 Å². The van der Waals surface area contributed by atoms with E-state index in [1.54, 1.807) is 31.4 Å². The number of hydrogen-bond acceptors (Lipinski definition) is 6. The van der Waals surface area contributed by atoms with Gasteiger partial charge in [0.05, 0.1) is 28.2 Å². The lowest BCUT2D eigenvalue weighted by Gasteiger charge is -2.31. The molecule has 4 rings (SSSR count). The molecule has 1 aromatic carbocycles. The molecule has 1 aliphatic heterocycles. The van der Waals surface area contributed by atoms with Crippen LogP contribution in [0.15, 0.2) is 56.8 Å². The Morgan fingerprint density at radius 3 is 2.90 bits per heavy atom. The Hall–Kier alpha value is -2.98. The zero-order valence-electron chi connectivity index (χ0n) is 15.7. The molecule has 1 aliphatic rings. The van der Waals surface area contributed by atoms with Crippen molar-refractivity contribution >= 4 is 32.7 Å². The number of nitrogens with one attached hydrogen (secondary N) is 1. The van der Waals surface area contributed by atoms with Gasteiger partial charge >= 0.3 is 5.76 Å². The maximum Gasteiger partial charge on any atom is 0.419 e. The van der Waals surface area contributed by atoms with Crippen LogP contribution in [-0.4, -0.2) is 41.3 Å². The topological polar surface area (TPSA) is 115 Å². The van der Waals surface area contributed by atoms with E-state index in [0.717, 1.165) is 0 Å². The quantitative estimate of drug-likeness (QED) is 0.690. The highest BCUT2D eigenvalue weighted by atomic mass is 32.2. The van der Waals surface area contributed by atoms with Crippen molar-refractivity contribution in [1.82, 2.24) is 13.9 Å². The van der Waals surface area contributed by atoms with E-state index >= 15 is 0 Å². The molecule has 1 amide bonds. The smallest absolute Gasteiger partial charge is 0.408 e. The lowest BCUT2D eigenvalue weighted by Crippen LogP contribution is -2.43. The number of aryl methyl sites for hydroxylation is 1. The van der Waals surface area contributed by atoms with Crippen LogP contribution in [0.25, 0.3) is 11.1 Å². The minimum absolute atomic E-state index is 0.0349. The first-order valence-electron chi connectivity index (χ1n) is 9.17. The first-order valence-corrected chi connectivity index (χ1v) is 10.6. The van der Waals surface area contributed by atoms with Gasteiger partial charge < -0.3 is 9.73 Å². The van der Waals surface area contributed by atoms with Crippen molar-refractivity contribution in [2.45, 2.75) is 17.7 Å². The van der Waals surface area contributed by atoms with Gasteiger partial charge in [-0.15, -0.1) is 0 Å². The lowest BCUT2D eigenvalue weighted by molar-refractivity contribution is -0.120. The van der Waals surface area contributed by atoms with Crippen LogP contribution in [0.3, 0.4) is 0 Å². The molecule has 3 heterocycles. The van der Waals surface area contributed by atoms with Gasteiger partial charge in [0, 0.05) is 32.4 Å². The number of amides is 1. The molecule has 9 nitrogen and oxygen atoms in total. The van der Waals surface area contributed by atoms with Gasteiger partial charge in [-0.05, 0) is 37.1 Å². The van der Waals surface area contributed by atoms with Crippen LogP contribution < -0.4 is 11.1 Å². The summed E-state index contributed by atoms with van der Waals surface area (Å²) in [4.78, 5) is 28.2. The highest BCUT2D eigenvalue weighted by molar-refractivity contribution is 7.89. The van der Waals surface area contributed by atoms with Crippen LogP contribution in [-0.2, 0) is 21.9 Å². The van der Waals surface area contributed by atoms with E-state index < -0.39 is 21.7 Å². The summed E-state index contributed by atoms with van der Waals surface area (Å²) in [6, 6.07) is 7.79. The van der Waals surface area contributed by atoms with Crippen LogP contribution in [0.4, 0.5) is 5.69 Å². The Bertz CT molecular complexity index is 1220. The van der Waals surface area contributed by atoms with Crippen LogP contribution in [0.2, 0.25) is 0 Å². The molecule has 1 fully saturated rings. The first-order chi connectivity index (χ1) is 13.9. The summed E-state index contributed by atoms with van der Waals surface area (Å²) in [6.45, 7) is 0.418. The number of sulfonamides is 1. The molecule has 29 heavy (non-hydrogen) atoms. The number of oxazole rings is 1. The molecule has 1 saturated heterocycles. The predicted molar refractivity (Wildman–Crippen MR) is 106 cm³/mol. The third-order valence-corrected chi connectivity index (χ3v) is 6.95. The van der Waals surface area contributed by atoms with Crippen LogP contribution in [0.1, 0.15) is 12.8 Å². The number of hydrogen-bond donors (Lipinski definition) is 1. The van der Waals surface area contributed by atoms with E-state index in [1.165, 1.54) is 27.2 Å². The average Bonchev–Trinajstić information content (AvgIpc) is 3.02. The molecule has 0 radical (unpaired) electrons. The van der Waals surface area contributed by atoms with E-state index in [2.05, 4.69) is 10.3 Å². The molecule has 10 heteroatoms. The summed E-state index contributed by atoms with van der Waals surface area (Å²) in [5.74, 6) is -1.25. The summed E-state index contributed by atoms with van der Waals surface area (Å²) in [6.07, 6.45) is 4.33. The summed E-state index contributed by atoms with van der Waals surface area (Å²) >= 11 is 0. The molecule has 3 aromatic rings. The monoisotopic (exact) mass is 416 g/mol. The highest BCUT2D eigenvalue weighted by Gasteiger charge is 2.33. The zero-order chi connectivity index (χ0) is 20.6. The zero-order valence-corrected chi connectivity index (χ0v) is 16.6. The second kappa shape index (κ2) is 7.45. The van der Waals surface area contributed by atoms with Gasteiger partial charge in [0.25, 0.3) is 0 Å². The number of fused-ring (bicyclic) bond motifs is 1.